The Morgan fingerprint density at radius 3 is 2.54 bits per heavy atom. The van der Waals surface area contributed by atoms with Gasteiger partial charge in [-0.05, 0) is 56.6 Å². The van der Waals surface area contributed by atoms with Gasteiger partial charge in [0.1, 0.15) is 5.75 Å². The lowest BCUT2D eigenvalue weighted by Crippen LogP contribution is -2.36. The molecule has 1 aliphatic rings. The van der Waals surface area contributed by atoms with Crippen molar-refractivity contribution in [1.82, 2.24) is 9.88 Å². The number of carbonyl (C=O) groups is 1. The van der Waals surface area contributed by atoms with Gasteiger partial charge in [0.25, 0.3) is 0 Å². The molecule has 1 aliphatic carbocycles. The van der Waals surface area contributed by atoms with Gasteiger partial charge < -0.3 is 14.6 Å². The summed E-state index contributed by atoms with van der Waals surface area (Å²) in [6, 6.07) is 16.0. The molecule has 2 aromatic carbocycles. The number of fused-ring (bicyclic) bond motifs is 1. The van der Waals surface area contributed by atoms with Crippen molar-refractivity contribution in [2.45, 2.75) is 37.5 Å². The fraction of sp³-hybridized carbons (Fsp3) is 0.375. The van der Waals surface area contributed by atoms with Crippen LogP contribution in [-0.2, 0) is 16.6 Å². The van der Waals surface area contributed by atoms with E-state index < -0.39 is 5.41 Å². The quantitative estimate of drug-likeness (QED) is 0.501. The summed E-state index contributed by atoms with van der Waals surface area (Å²) in [5.41, 5.74) is 2.75. The number of aromatic amines is 1. The highest BCUT2D eigenvalue weighted by Gasteiger charge is 2.44. The lowest BCUT2D eigenvalue weighted by Gasteiger charge is -2.27. The SMILES string of the molecule is CN(C)CCc1c[nH]c2cccc(OC(=O)C3(c4ccccc4)CCCC3)c12. The molecule has 0 bridgehead atoms. The first-order chi connectivity index (χ1) is 13.6. The number of benzene rings is 2. The van der Waals surface area contributed by atoms with E-state index in [0.717, 1.165) is 55.1 Å². The third-order valence-corrected chi connectivity index (χ3v) is 5.95. The fourth-order valence-electron chi connectivity index (χ4n) is 4.39. The lowest BCUT2D eigenvalue weighted by molar-refractivity contribution is -0.140. The molecule has 1 saturated carbocycles. The number of ether oxygens (including phenoxy) is 1. The van der Waals surface area contributed by atoms with Crippen molar-refractivity contribution >= 4 is 16.9 Å². The molecule has 0 amide bonds. The van der Waals surface area contributed by atoms with E-state index in [0.29, 0.717) is 5.75 Å². The smallest absolute Gasteiger partial charge is 0.321 e. The zero-order valence-electron chi connectivity index (χ0n) is 16.7. The topological polar surface area (TPSA) is 45.3 Å². The van der Waals surface area contributed by atoms with Crippen molar-refractivity contribution in [3.8, 4) is 5.75 Å². The Morgan fingerprint density at radius 1 is 1.07 bits per heavy atom. The number of hydrogen-bond donors (Lipinski definition) is 1. The second kappa shape index (κ2) is 7.80. The van der Waals surface area contributed by atoms with Gasteiger partial charge in [-0.25, -0.2) is 0 Å². The summed E-state index contributed by atoms with van der Waals surface area (Å²) >= 11 is 0. The number of nitrogens with one attached hydrogen (secondary N) is 1. The number of likely N-dealkylation sites (N-methyl/N-ethyl adjacent to an activating group) is 1. The highest BCUT2D eigenvalue weighted by atomic mass is 16.5. The predicted octanol–water partition coefficient (Wildman–Crippen LogP) is 4.69. The van der Waals surface area contributed by atoms with E-state index in [1.165, 1.54) is 5.56 Å². The molecule has 28 heavy (non-hydrogen) atoms. The Bertz CT molecular complexity index is 953. The molecular weight excluding hydrogens is 348 g/mol. The van der Waals surface area contributed by atoms with Crippen molar-refractivity contribution < 1.29 is 9.53 Å². The molecule has 4 rings (SSSR count). The Morgan fingerprint density at radius 2 is 1.82 bits per heavy atom. The van der Waals surface area contributed by atoms with E-state index in [1.54, 1.807) is 0 Å². The molecule has 1 heterocycles. The predicted molar refractivity (Wildman–Crippen MR) is 113 cm³/mol. The van der Waals surface area contributed by atoms with Crippen LogP contribution in [0.4, 0.5) is 0 Å². The van der Waals surface area contributed by atoms with Crippen molar-refractivity contribution in [3.63, 3.8) is 0 Å². The lowest BCUT2D eigenvalue weighted by atomic mass is 9.79. The summed E-state index contributed by atoms with van der Waals surface area (Å²) in [4.78, 5) is 18.9. The van der Waals surface area contributed by atoms with Crippen LogP contribution in [0.3, 0.4) is 0 Å². The molecule has 146 valence electrons. The summed E-state index contributed by atoms with van der Waals surface area (Å²) in [5.74, 6) is 0.545. The summed E-state index contributed by atoms with van der Waals surface area (Å²) in [6.07, 6.45) is 6.77. The first-order valence-electron chi connectivity index (χ1n) is 10.1. The van der Waals surface area contributed by atoms with Crippen molar-refractivity contribution in [2.75, 3.05) is 20.6 Å². The van der Waals surface area contributed by atoms with E-state index in [9.17, 15) is 4.79 Å². The molecule has 4 heteroatoms. The third-order valence-electron chi connectivity index (χ3n) is 5.95. The van der Waals surface area contributed by atoms with E-state index in [1.807, 2.05) is 42.6 Å². The standard InChI is InChI=1S/C24H28N2O2/c1-26(2)16-13-18-17-25-20-11-8-12-21(22(18)20)28-23(27)24(14-6-7-15-24)19-9-4-3-5-10-19/h3-5,8-12,17,25H,6-7,13-16H2,1-2H3. The van der Waals surface area contributed by atoms with Gasteiger partial charge in [-0.2, -0.15) is 0 Å². The summed E-state index contributed by atoms with van der Waals surface area (Å²) < 4.78 is 6.10. The molecule has 0 aliphatic heterocycles. The van der Waals surface area contributed by atoms with Crippen LogP contribution in [0, 0.1) is 0 Å². The van der Waals surface area contributed by atoms with Crippen LogP contribution in [0.5, 0.6) is 5.75 Å². The van der Waals surface area contributed by atoms with E-state index in [-0.39, 0.29) is 5.97 Å². The normalized spacial score (nSPS) is 16.0. The van der Waals surface area contributed by atoms with Crippen LogP contribution in [0.25, 0.3) is 10.9 Å². The van der Waals surface area contributed by atoms with Gasteiger partial charge in [0.05, 0.1) is 5.41 Å². The minimum absolute atomic E-state index is 0.122. The van der Waals surface area contributed by atoms with Crippen molar-refractivity contribution in [1.29, 1.82) is 0 Å². The van der Waals surface area contributed by atoms with E-state index in [4.69, 9.17) is 4.74 Å². The number of aromatic nitrogens is 1. The van der Waals surface area contributed by atoms with Crippen LogP contribution >= 0.6 is 0 Å². The molecule has 1 N–H and O–H groups in total. The molecule has 1 aromatic heterocycles. The zero-order chi connectivity index (χ0) is 19.6. The molecular formula is C24H28N2O2. The minimum atomic E-state index is -0.524. The van der Waals surface area contributed by atoms with Crippen LogP contribution in [0.15, 0.2) is 54.7 Å². The second-order valence-electron chi connectivity index (χ2n) is 8.09. The average Bonchev–Trinajstić information content (AvgIpc) is 3.36. The molecule has 3 aromatic rings. The van der Waals surface area contributed by atoms with Gasteiger partial charge in [-0.1, -0.05) is 49.2 Å². The number of carbonyl (C=O) groups excluding carboxylic acids is 1. The van der Waals surface area contributed by atoms with Crippen molar-refractivity contribution in [3.05, 3.63) is 65.9 Å². The van der Waals surface area contributed by atoms with Crippen LogP contribution < -0.4 is 4.74 Å². The second-order valence-corrected chi connectivity index (χ2v) is 8.09. The van der Waals surface area contributed by atoms with E-state index in [2.05, 4.69) is 36.1 Å². The molecule has 1 fully saturated rings. The van der Waals surface area contributed by atoms with Gasteiger partial charge in [0.2, 0.25) is 0 Å². The molecule has 0 unspecified atom stereocenters. The fourth-order valence-corrected chi connectivity index (χ4v) is 4.39. The highest BCUT2D eigenvalue weighted by Crippen LogP contribution is 2.43. The third kappa shape index (κ3) is 3.45. The molecule has 0 saturated heterocycles. The Kier molecular flexibility index (Phi) is 5.23. The monoisotopic (exact) mass is 376 g/mol. The summed E-state index contributed by atoms with van der Waals surface area (Å²) in [6.45, 7) is 0.948. The van der Waals surface area contributed by atoms with Crippen LogP contribution in [-0.4, -0.2) is 36.5 Å². The molecule has 0 radical (unpaired) electrons. The number of H-pyrrole nitrogens is 1. The van der Waals surface area contributed by atoms with Gasteiger partial charge >= 0.3 is 5.97 Å². The van der Waals surface area contributed by atoms with Crippen LogP contribution in [0.2, 0.25) is 0 Å². The largest absolute Gasteiger partial charge is 0.425 e. The average molecular weight is 377 g/mol. The van der Waals surface area contributed by atoms with Crippen LogP contribution in [0.1, 0.15) is 36.8 Å². The first-order valence-corrected chi connectivity index (χ1v) is 10.1. The van der Waals surface area contributed by atoms with Crippen molar-refractivity contribution in [2.24, 2.45) is 0 Å². The van der Waals surface area contributed by atoms with Gasteiger partial charge in [0.15, 0.2) is 0 Å². The molecule has 0 spiro atoms. The Hall–Kier alpha value is -2.59. The molecule has 4 nitrogen and oxygen atoms in total. The Labute approximate surface area is 166 Å². The Balaban J connectivity index is 1.67. The zero-order valence-corrected chi connectivity index (χ0v) is 16.7. The summed E-state index contributed by atoms with van der Waals surface area (Å²) in [7, 11) is 4.14. The molecule has 0 atom stereocenters. The maximum Gasteiger partial charge on any atom is 0.321 e. The van der Waals surface area contributed by atoms with Gasteiger partial charge in [-0.3, -0.25) is 4.79 Å². The number of nitrogens with zero attached hydrogens (tertiary/aromatic N) is 1. The van der Waals surface area contributed by atoms with E-state index >= 15 is 0 Å². The van der Waals surface area contributed by atoms with Gasteiger partial charge in [-0.15, -0.1) is 0 Å². The van der Waals surface area contributed by atoms with Gasteiger partial charge in [0, 0.05) is 23.6 Å². The number of rotatable bonds is 6. The minimum Gasteiger partial charge on any atom is -0.425 e. The maximum atomic E-state index is 13.4. The highest BCUT2D eigenvalue weighted by molar-refractivity contribution is 5.93. The first kappa shape index (κ1) is 18.8. The summed E-state index contributed by atoms with van der Waals surface area (Å²) in [5, 5.41) is 1.03. The number of hydrogen-bond acceptors (Lipinski definition) is 3. The maximum absolute atomic E-state index is 13.4. The number of esters is 1.